The van der Waals surface area contributed by atoms with Gasteiger partial charge in [0.1, 0.15) is 0 Å². The Morgan fingerprint density at radius 3 is 2.73 bits per heavy atom. The molecule has 2 aromatic heterocycles. The van der Waals surface area contributed by atoms with Crippen LogP contribution in [-0.4, -0.2) is 22.0 Å². The van der Waals surface area contributed by atoms with Gasteiger partial charge in [-0.1, -0.05) is 24.3 Å². The predicted molar refractivity (Wildman–Crippen MR) is 102 cm³/mol. The predicted octanol–water partition coefficient (Wildman–Crippen LogP) is 3.66. The van der Waals surface area contributed by atoms with Gasteiger partial charge < -0.3 is 15.4 Å². The van der Waals surface area contributed by atoms with E-state index in [-0.39, 0.29) is 0 Å². The maximum absolute atomic E-state index is 6.55. The summed E-state index contributed by atoms with van der Waals surface area (Å²) >= 11 is 0. The van der Waals surface area contributed by atoms with Crippen molar-refractivity contribution in [2.24, 2.45) is 0 Å². The lowest BCUT2D eigenvalue weighted by molar-refractivity contribution is 0.370. The highest BCUT2D eigenvalue weighted by atomic mass is 16.5. The molecular formula is C21H18N4O. The number of pyridine rings is 2. The highest BCUT2D eigenvalue weighted by Crippen LogP contribution is 2.38. The second kappa shape index (κ2) is 5.59. The molecule has 5 nitrogen and oxygen atoms in total. The molecule has 3 heterocycles. The van der Waals surface area contributed by atoms with Crippen LogP contribution in [0.1, 0.15) is 11.3 Å². The average molecular weight is 342 g/mol. The van der Waals surface area contributed by atoms with Crippen LogP contribution in [0.4, 0.5) is 5.69 Å². The molecule has 1 aliphatic heterocycles. The molecule has 5 rings (SSSR count). The first-order chi connectivity index (χ1) is 12.7. The van der Waals surface area contributed by atoms with Crippen LogP contribution in [0.2, 0.25) is 0 Å². The highest BCUT2D eigenvalue weighted by Gasteiger charge is 2.26. The van der Waals surface area contributed by atoms with E-state index in [9.17, 15) is 0 Å². The van der Waals surface area contributed by atoms with Gasteiger partial charge in [0.2, 0.25) is 5.88 Å². The van der Waals surface area contributed by atoms with Gasteiger partial charge in [0, 0.05) is 52.3 Å². The molecular weight excluding hydrogens is 324 g/mol. The molecule has 0 spiro atoms. The average Bonchev–Trinajstić information content (AvgIpc) is 3.04. The van der Waals surface area contributed by atoms with E-state index >= 15 is 0 Å². The molecule has 0 bridgehead atoms. The molecule has 2 N–H and O–H groups in total. The number of nitrogens with zero attached hydrogens (tertiary/aromatic N) is 3. The van der Waals surface area contributed by atoms with Crippen LogP contribution in [0.15, 0.2) is 60.5 Å². The van der Waals surface area contributed by atoms with E-state index in [1.807, 2.05) is 30.5 Å². The van der Waals surface area contributed by atoms with Crippen molar-refractivity contribution in [1.82, 2.24) is 14.9 Å². The summed E-state index contributed by atoms with van der Waals surface area (Å²) < 4.78 is 5.16. The van der Waals surface area contributed by atoms with Crippen molar-refractivity contribution in [2.45, 2.75) is 13.1 Å². The molecule has 0 saturated carbocycles. The van der Waals surface area contributed by atoms with E-state index in [0.29, 0.717) is 5.88 Å². The summed E-state index contributed by atoms with van der Waals surface area (Å²) in [6.07, 6.45) is 8.11. The maximum atomic E-state index is 6.55. The summed E-state index contributed by atoms with van der Waals surface area (Å²) in [6, 6.07) is 10.00. The van der Waals surface area contributed by atoms with Crippen molar-refractivity contribution in [2.75, 3.05) is 12.8 Å². The Balaban J connectivity index is 1.64. The molecule has 128 valence electrons. The Morgan fingerprint density at radius 2 is 2.04 bits per heavy atom. The van der Waals surface area contributed by atoms with E-state index in [2.05, 4.69) is 34.2 Å². The number of nitrogen functional groups attached to an aromatic ring is 1. The Kier molecular flexibility index (Phi) is 3.22. The second-order valence-corrected chi connectivity index (χ2v) is 6.55. The first-order valence-electron chi connectivity index (χ1n) is 8.58. The maximum Gasteiger partial charge on any atom is 0.212 e. The molecule has 1 aliphatic carbocycles. The summed E-state index contributed by atoms with van der Waals surface area (Å²) in [6.45, 7) is 1.61. The lowest BCUT2D eigenvalue weighted by atomic mass is 10.0. The number of hydrogen-bond acceptors (Lipinski definition) is 5. The van der Waals surface area contributed by atoms with Gasteiger partial charge in [0.25, 0.3) is 0 Å². The molecule has 0 atom stereocenters. The Morgan fingerprint density at radius 1 is 1.15 bits per heavy atom. The van der Waals surface area contributed by atoms with Crippen LogP contribution in [0.25, 0.3) is 22.0 Å². The van der Waals surface area contributed by atoms with E-state index in [4.69, 9.17) is 15.5 Å². The Hall–Kier alpha value is -3.34. The van der Waals surface area contributed by atoms with Crippen LogP contribution in [-0.2, 0) is 13.1 Å². The minimum absolute atomic E-state index is 0.597. The van der Waals surface area contributed by atoms with E-state index < -0.39 is 0 Å². The number of ether oxygens (including phenoxy) is 1. The first-order valence-corrected chi connectivity index (χ1v) is 8.58. The van der Waals surface area contributed by atoms with E-state index in [0.717, 1.165) is 52.1 Å². The number of nitrogens with two attached hydrogens (primary N) is 1. The number of hydrogen-bond donors (Lipinski definition) is 1. The Labute approximate surface area is 151 Å². The standard InChI is InChI=1S/C21H18N4O/c1-26-19-9-8-13(10-23-19)15-6-3-7-16-20(22)17-11-25(14-4-2-5-14)12-18(17)24-21(15)16/h2-10H,11-12H2,1H3,(H2,22,24). The molecule has 26 heavy (non-hydrogen) atoms. The minimum atomic E-state index is 0.597. The molecule has 0 unspecified atom stereocenters. The lowest BCUT2D eigenvalue weighted by Crippen LogP contribution is -2.16. The fourth-order valence-corrected chi connectivity index (χ4v) is 3.61. The number of allylic oxidation sites excluding steroid dienone is 3. The zero-order valence-electron chi connectivity index (χ0n) is 14.4. The molecule has 0 radical (unpaired) electrons. The summed E-state index contributed by atoms with van der Waals surface area (Å²) in [4.78, 5) is 11.6. The monoisotopic (exact) mass is 342 g/mol. The van der Waals surface area contributed by atoms with Crippen LogP contribution in [0, 0.1) is 0 Å². The topological polar surface area (TPSA) is 64.3 Å². The zero-order valence-corrected chi connectivity index (χ0v) is 14.4. The number of fused-ring (bicyclic) bond motifs is 2. The van der Waals surface area contributed by atoms with Gasteiger partial charge >= 0.3 is 0 Å². The van der Waals surface area contributed by atoms with Crippen LogP contribution < -0.4 is 10.5 Å². The lowest BCUT2D eigenvalue weighted by Gasteiger charge is -2.21. The van der Waals surface area contributed by atoms with Crippen molar-refractivity contribution < 1.29 is 4.74 Å². The molecule has 0 saturated heterocycles. The number of aromatic nitrogens is 2. The van der Waals surface area contributed by atoms with E-state index in [1.54, 1.807) is 7.11 Å². The molecule has 0 amide bonds. The van der Waals surface area contributed by atoms with Crippen LogP contribution in [0.3, 0.4) is 0 Å². The van der Waals surface area contributed by atoms with E-state index in [1.165, 1.54) is 5.70 Å². The normalized spacial score (nSPS) is 15.0. The van der Waals surface area contributed by atoms with Gasteiger partial charge in [-0.05, 0) is 18.2 Å². The third kappa shape index (κ3) is 2.17. The highest BCUT2D eigenvalue weighted by molar-refractivity contribution is 6.01. The van der Waals surface area contributed by atoms with Gasteiger partial charge in [0.15, 0.2) is 0 Å². The van der Waals surface area contributed by atoms with Crippen molar-refractivity contribution in [3.63, 3.8) is 0 Å². The third-order valence-electron chi connectivity index (χ3n) is 5.09. The largest absolute Gasteiger partial charge is 0.481 e. The quantitative estimate of drug-likeness (QED) is 0.787. The molecule has 3 aromatic rings. The van der Waals surface area contributed by atoms with Crippen molar-refractivity contribution in [3.05, 3.63) is 71.7 Å². The molecule has 2 aliphatic rings. The van der Waals surface area contributed by atoms with Gasteiger partial charge in [-0.25, -0.2) is 9.97 Å². The number of para-hydroxylation sites is 1. The molecule has 0 fully saturated rings. The van der Waals surface area contributed by atoms with Crippen LogP contribution >= 0.6 is 0 Å². The smallest absolute Gasteiger partial charge is 0.212 e. The van der Waals surface area contributed by atoms with Gasteiger partial charge in [0.05, 0.1) is 24.9 Å². The van der Waals surface area contributed by atoms with Crippen molar-refractivity contribution in [3.8, 4) is 17.0 Å². The Bertz CT molecular complexity index is 1080. The number of anilines is 1. The molecule has 5 heteroatoms. The number of methoxy groups -OCH3 is 1. The SMILES string of the molecule is COc1ccc(-c2cccc3c(N)c4c(nc23)CN(C2=CC=C2)C4)cn1. The van der Waals surface area contributed by atoms with Crippen LogP contribution in [0.5, 0.6) is 5.88 Å². The van der Waals surface area contributed by atoms with Gasteiger partial charge in [-0.15, -0.1) is 0 Å². The fraction of sp³-hybridized carbons (Fsp3) is 0.143. The third-order valence-corrected chi connectivity index (χ3v) is 5.09. The number of rotatable bonds is 3. The zero-order chi connectivity index (χ0) is 17.7. The summed E-state index contributed by atoms with van der Waals surface area (Å²) in [5, 5.41) is 0.997. The number of benzene rings is 1. The van der Waals surface area contributed by atoms with Crippen molar-refractivity contribution >= 4 is 16.6 Å². The first kappa shape index (κ1) is 15.0. The fourth-order valence-electron chi connectivity index (χ4n) is 3.61. The molecule has 1 aromatic carbocycles. The minimum Gasteiger partial charge on any atom is -0.481 e. The van der Waals surface area contributed by atoms with Gasteiger partial charge in [-0.2, -0.15) is 0 Å². The second-order valence-electron chi connectivity index (χ2n) is 6.55. The van der Waals surface area contributed by atoms with Crippen molar-refractivity contribution in [1.29, 1.82) is 0 Å². The summed E-state index contributed by atoms with van der Waals surface area (Å²) in [7, 11) is 1.62. The summed E-state index contributed by atoms with van der Waals surface area (Å²) in [5.74, 6) is 0.597. The summed E-state index contributed by atoms with van der Waals surface area (Å²) in [5.41, 5.74) is 13.8. The van der Waals surface area contributed by atoms with Gasteiger partial charge in [-0.3, -0.25) is 0 Å².